The molecule has 2 atom stereocenters. The van der Waals surface area contributed by atoms with Gasteiger partial charge in [0.1, 0.15) is 0 Å². The monoisotopic (exact) mass is 1130 g/mol. The maximum atomic E-state index is 12.5. The van der Waals surface area contributed by atoms with Crippen molar-refractivity contribution in [1.29, 1.82) is 0 Å². The second kappa shape index (κ2) is 70.3. The first-order valence-corrected chi connectivity index (χ1v) is 37.3. The molecule has 0 aromatic rings. The van der Waals surface area contributed by atoms with Gasteiger partial charge in [-0.25, -0.2) is 0 Å². The average Bonchev–Trinajstić information content (AvgIpc) is 3.46. The topological polar surface area (TPSA) is 95.9 Å². The number of hydrogen-bond donors (Lipinski definition) is 3. The van der Waals surface area contributed by atoms with Crippen LogP contribution in [-0.2, 0) is 14.3 Å². The number of rotatable bonds is 71. The van der Waals surface area contributed by atoms with Crippen molar-refractivity contribution >= 4 is 11.9 Å². The fraction of sp³-hybridized carbons (Fsp3) is 0.973. The first kappa shape index (κ1) is 78.9. The minimum atomic E-state index is -0.661. The average molecular weight is 1130 g/mol. The molecule has 6 heteroatoms. The second-order valence-corrected chi connectivity index (χ2v) is 26.0. The number of esters is 1. The number of aliphatic hydroxyl groups is 2. The highest BCUT2D eigenvalue weighted by Gasteiger charge is 2.20. The van der Waals surface area contributed by atoms with E-state index in [1.165, 1.54) is 366 Å². The number of unbranched alkanes of at least 4 members (excludes halogenated alkanes) is 60. The van der Waals surface area contributed by atoms with Crippen molar-refractivity contribution in [2.45, 2.75) is 450 Å². The molecule has 0 bridgehead atoms. The summed E-state index contributed by atoms with van der Waals surface area (Å²) in [5.74, 6) is -0.00236. The van der Waals surface area contributed by atoms with E-state index in [4.69, 9.17) is 4.74 Å². The van der Waals surface area contributed by atoms with Crippen LogP contribution in [0.15, 0.2) is 0 Å². The summed E-state index contributed by atoms with van der Waals surface area (Å²) in [6.07, 6.45) is 86.0. The minimum Gasteiger partial charge on any atom is -0.466 e. The van der Waals surface area contributed by atoms with Crippen LogP contribution in [-0.4, -0.2) is 47.4 Å². The molecule has 0 heterocycles. The molecular formula is C74H147NO5. The third-order valence-electron chi connectivity index (χ3n) is 17.9. The summed E-state index contributed by atoms with van der Waals surface area (Å²) >= 11 is 0. The molecule has 0 aliphatic carbocycles. The highest BCUT2D eigenvalue weighted by Crippen LogP contribution is 2.20. The van der Waals surface area contributed by atoms with E-state index in [0.29, 0.717) is 25.9 Å². The van der Waals surface area contributed by atoms with Crippen molar-refractivity contribution in [3.05, 3.63) is 0 Å². The van der Waals surface area contributed by atoms with Gasteiger partial charge in [0.05, 0.1) is 25.4 Å². The minimum absolute atomic E-state index is 0.0247. The third kappa shape index (κ3) is 66.0. The molecule has 0 saturated heterocycles. The Bertz CT molecular complexity index is 1160. The molecule has 0 spiro atoms. The van der Waals surface area contributed by atoms with E-state index in [9.17, 15) is 19.8 Å². The maximum absolute atomic E-state index is 12.5. The molecule has 0 radical (unpaired) electrons. The van der Waals surface area contributed by atoms with E-state index in [-0.39, 0.29) is 18.5 Å². The standard InChI is InChI=1S/C74H147NO5/c1-3-5-7-9-11-13-15-17-19-21-36-40-44-48-52-56-60-64-68-74(79)80-69-65-61-57-53-49-45-41-37-33-31-29-27-25-23-22-24-26-28-30-32-35-39-43-47-51-55-59-63-67-73(78)75-71(70-76)72(77)66-62-58-54-50-46-42-38-34-20-18-16-14-12-10-8-6-4-2/h71-72,76-77H,3-70H2,1-2H3,(H,75,78). The van der Waals surface area contributed by atoms with Crippen LogP contribution in [0, 0.1) is 0 Å². The van der Waals surface area contributed by atoms with Crippen molar-refractivity contribution in [3.8, 4) is 0 Å². The number of nitrogens with one attached hydrogen (secondary N) is 1. The molecule has 0 aromatic heterocycles. The summed E-state index contributed by atoms with van der Waals surface area (Å²) < 4.78 is 5.52. The lowest BCUT2D eigenvalue weighted by atomic mass is 10.0. The van der Waals surface area contributed by atoms with E-state index in [0.717, 1.165) is 38.5 Å². The van der Waals surface area contributed by atoms with Crippen molar-refractivity contribution in [3.63, 3.8) is 0 Å². The van der Waals surface area contributed by atoms with Gasteiger partial charge in [-0.05, 0) is 25.7 Å². The first-order chi connectivity index (χ1) is 39.5. The van der Waals surface area contributed by atoms with Crippen LogP contribution in [0.1, 0.15) is 438 Å². The SMILES string of the molecule is CCCCCCCCCCCCCCCCCCCCC(=O)OCCCCCCCCCCCCCCCCCCCCCCCCCCCCCCC(=O)NC(CO)C(O)CCCCCCCCCCCCCCCCCCC. The van der Waals surface area contributed by atoms with E-state index in [1.54, 1.807) is 0 Å². The zero-order valence-electron chi connectivity index (χ0n) is 54.9. The van der Waals surface area contributed by atoms with Gasteiger partial charge in [-0.1, -0.05) is 399 Å². The maximum Gasteiger partial charge on any atom is 0.305 e. The molecule has 478 valence electrons. The Morgan fingerprint density at radius 2 is 0.512 bits per heavy atom. The fourth-order valence-corrected chi connectivity index (χ4v) is 12.2. The highest BCUT2D eigenvalue weighted by atomic mass is 16.5. The molecule has 0 aliphatic rings. The predicted octanol–water partition coefficient (Wildman–Crippen LogP) is 24.2. The zero-order valence-corrected chi connectivity index (χ0v) is 54.9. The third-order valence-corrected chi connectivity index (χ3v) is 17.9. The molecule has 0 fully saturated rings. The van der Waals surface area contributed by atoms with Crippen LogP contribution in [0.3, 0.4) is 0 Å². The Kier molecular flexibility index (Phi) is 69.3. The van der Waals surface area contributed by atoms with Crippen LogP contribution < -0.4 is 5.32 Å². The van der Waals surface area contributed by atoms with Gasteiger partial charge >= 0.3 is 5.97 Å². The molecule has 2 unspecified atom stereocenters. The summed E-state index contributed by atoms with van der Waals surface area (Å²) in [5, 5.41) is 23.4. The van der Waals surface area contributed by atoms with Gasteiger partial charge < -0.3 is 20.3 Å². The van der Waals surface area contributed by atoms with Gasteiger partial charge in [0, 0.05) is 12.8 Å². The lowest BCUT2D eigenvalue weighted by Crippen LogP contribution is -2.45. The smallest absolute Gasteiger partial charge is 0.305 e. The molecule has 0 rings (SSSR count). The number of amides is 1. The van der Waals surface area contributed by atoms with E-state index in [2.05, 4.69) is 19.2 Å². The first-order valence-electron chi connectivity index (χ1n) is 37.3. The lowest BCUT2D eigenvalue weighted by Gasteiger charge is -2.22. The van der Waals surface area contributed by atoms with E-state index < -0.39 is 12.1 Å². The Balaban J connectivity index is 3.31. The lowest BCUT2D eigenvalue weighted by molar-refractivity contribution is -0.143. The number of aliphatic hydroxyl groups excluding tert-OH is 2. The fourth-order valence-electron chi connectivity index (χ4n) is 12.2. The summed E-state index contributed by atoms with van der Waals surface area (Å²) in [6, 6.07) is -0.538. The molecular weight excluding hydrogens is 983 g/mol. The predicted molar refractivity (Wildman–Crippen MR) is 352 cm³/mol. The van der Waals surface area contributed by atoms with Crippen LogP contribution in [0.25, 0.3) is 0 Å². The largest absolute Gasteiger partial charge is 0.466 e. The zero-order chi connectivity index (χ0) is 57.8. The Hall–Kier alpha value is -1.14. The summed E-state index contributed by atoms with van der Waals surface area (Å²) in [5.41, 5.74) is 0. The van der Waals surface area contributed by atoms with Crippen molar-refractivity contribution in [1.82, 2.24) is 5.32 Å². The highest BCUT2D eigenvalue weighted by molar-refractivity contribution is 5.76. The molecule has 0 aliphatic heterocycles. The normalized spacial score (nSPS) is 12.4. The van der Waals surface area contributed by atoms with Crippen molar-refractivity contribution in [2.24, 2.45) is 0 Å². The molecule has 0 aromatic carbocycles. The van der Waals surface area contributed by atoms with E-state index in [1.807, 2.05) is 0 Å². The van der Waals surface area contributed by atoms with Crippen LogP contribution in [0.4, 0.5) is 0 Å². The van der Waals surface area contributed by atoms with Crippen molar-refractivity contribution < 1.29 is 24.5 Å². The van der Waals surface area contributed by atoms with Crippen molar-refractivity contribution in [2.75, 3.05) is 13.2 Å². The molecule has 6 nitrogen and oxygen atoms in total. The number of carbonyl (C=O) groups excluding carboxylic acids is 2. The van der Waals surface area contributed by atoms with Crippen LogP contribution >= 0.6 is 0 Å². The summed E-state index contributed by atoms with van der Waals surface area (Å²) in [6.45, 7) is 5.01. The van der Waals surface area contributed by atoms with Gasteiger partial charge in [0.2, 0.25) is 5.91 Å². The Morgan fingerprint density at radius 1 is 0.300 bits per heavy atom. The quantitative estimate of drug-likeness (QED) is 0.0417. The number of hydrogen-bond acceptors (Lipinski definition) is 5. The van der Waals surface area contributed by atoms with Gasteiger partial charge in [0.25, 0.3) is 0 Å². The van der Waals surface area contributed by atoms with Gasteiger partial charge in [-0.15, -0.1) is 0 Å². The Morgan fingerprint density at radius 3 is 0.762 bits per heavy atom. The van der Waals surface area contributed by atoms with Gasteiger partial charge in [0.15, 0.2) is 0 Å². The summed E-state index contributed by atoms with van der Waals surface area (Å²) in [7, 11) is 0. The molecule has 3 N–H and O–H groups in total. The van der Waals surface area contributed by atoms with Crippen LogP contribution in [0.5, 0.6) is 0 Å². The second-order valence-electron chi connectivity index (χ2n) is 26.0. The number of ether oxygens (including phenoxy) is 1. The summed E-state index contributed by atoms with van der Waals surface area (Å²) in [4.78, 5) is 24.6. The van der Waals surface area contributed by atoms with Gasteiger partial charge in [-0.3, -0.25) is 9.59 Å². The molecule has 1 amide bonds. The van der Waals surface area contributed by atoms with E-state index >= 15 is 0 Å². The molecule has 0 saturated carbocycles. The Labute approximate surface area is 502 Å². The van der Waals surface area contributed by atoms with Gasteiger partial charge in [-0.2, -0.15) is 0 Å². The molecule has 80 heavy (non-hydrogen) atoms. The van der Waals surface area contributed by atoms with Crippen LogP contribution in [0.2, 0.25) is 0 Å². The number of carbonyl (C=O) groups is 2.